The molecule has 0 spiro atoms. The number of halogens is 3. The molecule has 1 amide bonds. The van der Waals surface area contributed by atoms with E-state index in [9.17, 15) is 18.0 Å². The number of amides is 1. The fourth-order valence-electron chi connectivity index (χ4n) is 0.316. The second kappa shape index (κ2) is 3.43. The van der Waals surface area contributed by atoms with Crippen LogP contribution in [0.4, 0.5) is 13.2 Å². The Hall–Kier alpha value is -0.740. The third-order valence-electron chi connectivity index (χ3n) is 0.779. The molecule has 0 radical (unpaired) electrons. The zero-order chi connectivity index (χ0) is 8.20. The second-order valence-electron chi connectivity index (χ2n) is 1.83. The van der Waals surface area contributed by atoms with Crippen LogP contribution in [0.5, 0.6) is 0 Å². The quantitative estimate of drug-likeness (QED) is 0.639. The van der Waals surface area contributed by atoms with E-state index in [2.05, 4.69) is 0 Å². The van der Waals surface area contributed by atoms with Crippen molar-refractivity contribution in [1.82, 2.24) is 5.32 Å². The number of carbonyl (C=O) groups is 1. The van der Waals surface area contributed by atoms with Crippen molar-refractivity contribution in [3.63, 3.8) is 0 Å². The molecule has 0 aromatic heterocycles. The van der Waals surface area contributed by atoms with Gasteiger partial charge in [0.2, 0.25) is 0 Å². The third-order valence-corrected chi connectivity index (χ3v) is 0.779. The molecule has 2 nitrogen and oxygen atoms in total. The molecular formula is C5H8F3NO. The Morgan fingerprint density at radius 1 is 1.60 bits per heavy atom. The Morgan fingerprint density at radius 3 is 2.40 bits per heavy atom. The standard InChI is InChI=1S/C5H8F3NO/c1-5(7,8)4(10)9-3-2-6/h2-3H2,1H3,(H,9,10). The molecule has 0 rings (SSSR count). The predicted octanol–water partition coefficient (Wildman–Crippen LogP) is 0.727. The molecule has 0 heterocycles. The zero-order valence-corrected chi connectivity index (χ0v) is 5.46. The van der Waals surface area contributed by atoms with Crippen molar-refractivity contribution in [3.05, 3.63) is 0 Å². The summed E-state index contributed by atoms with van der Waals surface area (Å²) in [7, 11) is 0. The molecule has 5 heteroatoms. The fourth-order valence-corrected chi connectivity index (χ4v) is 0.316. The molecule has 0 atom stereocenters. The fraction of sp³-hybridized carbons (Fsp3) is 0.800. The van der Waals surface area contributed by atoms with E-state index in [0.29, 0.717) is 6.92 Å². The van der Waals surface area contributed by atoms with Gasteiger partial charge in [-0.05, 0) is 0 Å². The Bertz CT molecular complexity index is 121. The minimum atomic E-state index is -3.41. The van der Waals surface area contributed by atoms with Gasteiger partial charge in [-0.1, -0.05) is 0 Å². The number of hydrogen-bond acceptors (Lipinski definition) is 1. The van der Waals surface area contributed by atoms with Crippen LogP contribution in [0.3, 0.4) is 0 Å². The molecule has 60 valence electrons. The highest BCUT2D eigenvalue weighted by atomic mass is 19.3. The van der Waals surface area contributed by atoms with E-state index < -0.39 is 18.5 Å². The highest BCUT2D eigenvalue weighted by molar-refractivity contribution is 5.82. The summed E-state index contributed by atoms with van der Waals surface area (Å²) in [6, 6.07) is 0. The van der Waals surface area contributed by atoms with Gasteiger partial charge in [0.15, 0.2) is 0 Å². The van der Waals surface area contributed by atoms with E-state index >= 15 is 0 Å². The van der Waals surface area contributed by atoms with E-state index in [-0.39, 0.29) is 6.54 Å². The van der Waals surface area contributed by atoms with Crippen molar-refractivity contribution in [2.45, 2.75) is 12.8 Å². The summed E-state index contributed by atoms with van der Waals surface area (Å²) in [5.74, 6) is -4.85. The Balaban J connectivity index is 3.64. The average molecular weight is 155 g/mol. The SMILES string of the molecule is CC(F)(F)C(=O)NCCF. The maximum Gasteiger partial charge on any atom is 0.321 e. The molecule has 0 saturated carbocycles. The van der Waals surface area contributed by atoms with Crippen LogP contribution in [0.2, 0.25) is 0 Å². The van der Waals surface area contributed by atoms with Gasteiger partial charge in [0, 0.05) is 13.5 Å². The van der Waals surface area contributed by atoms with E-state index in [4.69, 9.17) is 0 Å². The summed E-state index contributed by atoms with van der Waals surface area (Å²) >= 11 is 0. The maximum absolute atomic E-state index is 11.9. The van der Waals surface area contributed by atoms with Crippen LogP contribution >= 0.6 is 0 Å². The van der Waals surface area contributed by atoms with Crippen LogP contribution in [0, 0.1) is 0 Å². The van der Waals surface area contributed by atoms with Crippen LogP contribution in [0.25, 0.3) is 0 Å². The largest absolute Gasteiger partial charge is 0.348 e. The average Bonchev–Trinajstić information content (AvgIpc) is 1.80. The first-order valence-corrected chi connectivity index (χ1v) is 2.70. The lowest BCUT2D eigenvalue weighted by Crippen LogP contribution is -2.38. The molecule has 0 aliphatic rings. The van der Waals surface area contributed by atoms with Crippen LogP contribution in [0.1, 0.15) is 6.92 Å². The van der Waals surface area contributed by atoms with Gasteiger partial charge in [-0.25, -0.2) is 4.39 Å². The third kappa shape index (κ3) is 3.32. The van der Waals surface area contributed by atoms with Gasteiger partial charge in [0.05, 0.1) is 0 Å². The normalized spacial score (nSPS) is 11.2. The van der Waals surface area contributed by atoms with E-state index in [1.165, 1.54) is 0 Å². The van der Waals surface area contributed by atoms with Gasteiger partial charge in [0.25, 0.3) is 5.91 Å². The van der Waals surface area contributed by atoms with Gasteiger partial charge >= 0.3 is 5.92 Å². The first-order chi connectivity index (χ1) is 4.48. The first kappa shape index (κ1) is 9.26. The lowest BCUT2D eigenvalue weighted by atomic mass is 10.3. The van der Waals surface area contributed by atoms with Crippen LogP contribution in [0.15, 0.2) is 0 Å². The first-order valence-electron chi connectivity index (χ1n) is 2.70. The second-order valence-corrected chi connectivity index (χ2v) is 1.83. The highest BCUT2D eigenvalue weighted by Gasteiger charge is 2.31. The van der Waals surface area contributed by atoms with Crippen LogP contribution in [-0.2, 0) is 4.79 Å². The molecule has 0 saturated heterocycles. The molecule has 0 aliphatic heterocycles. The van der Waals surface area contributed by atoms with Crippen molar-refractivity contribution in [3.8, 4) is 0 Å². The van der Waals surface area contributed by atoms with Gasteiger partial charge < -0.3 is 5.32 Å². The summed E-state index contributed by atoms with van der Waals surface area (Å²) < 4.78 is 35.1. The maximum atomic E-state index is 11.9. The summed E-state index contributed by atoms with van der Waals surface area (Å²) in [5.41, 5.74) is 0. The summed E-state index contributed by atoms with van der Waals surface area (Å²) in [5, 5.41) is 1.71. The molecule has 0 fully saturated rings. The number of alkyl halides is 3. The molecule has 10 heavy (non-hydrogen) atoms. The van der Waals surface area contributed by atoms with Crippen molar-refractivity contribution in [2.75, 3.05) is 13.2 Å². The minimum absolute atomic E-state index is 0.359. The van der Waals surface area contributed by atoms with Crippen molar-refractivity contribution in [1.29, 1.82) is 0 Å². The van der Waals surface area contributed by atoms with Gasteiger partial charge in [-0.2, -0.15) is 8.78 Å². The zero-order valence-electron chi connectivity index (χ0n) is 5.46. The van der Waals surface area contributed by atoms with Gasteiger partial charge in [-0.3, -0.25) is 4.79 Å². The van der Waals surface area contributed by atoms with Gasteiger partial charge in [-0.15, -0.1) is 0 Å². The van der Waals surface area contributed by atoms with E-state index in [0.717, 1.165) is 0 Å². The van der Waals surface area contributed by atoms with E-state index in [1.54, 1.807) is 5.32 Å². The molecule has 1 N–H and O–H groups in total. The summed E-state index contributed by atoms with van der Waals surface area (Å²) in [4.78, 5) is 10.2. The Labute approximate surface area is 56.4 Å². The topological polar surface area (TPSA) is 29.1 Å². The lowest BCUT2D eigenvalue weighted by molar-refractivity contribution is -0.143. The summed E-state index contributed by atoms with van der Waals surface area (Å²) in [6.07, 6.45) is 0. The Kier molecular flexibility index (Phi) is 3.18. The number of rotatable bonds is 3. The molecular weight excluding hydrogens is 147 g/mol. The van der Waals surface area contributed by atoms with Crippen LogP contribution in [-0.4, -0.2) is 25.0 Å². The number of nitrogens with one attached hydrogen (secondary N) is 1. The van der Waals surface area contributed by atoms with Crippen LogP contribution < -0.4 is 5.32 Å². The molecule has 0 unspecified atom stereocenters. The van der Waals surface area contributed by atoms with Crippen molar-refractivity contribution in [2.24, 2.45) is 0 Å². The number of hydrogen-bond donors (Lipinski definition) is 1. The Morgan fingerprint density at radius 2 is 2.10 bits per heavy atom. The molecule has 0 aromatic rings. The van der Waals surface area contributed by atoms with E-state index in [1.807, 2.05) is 0 Å². The van der Waals surface area contributed by atoms with Gasteiger partial charge in [0.1, 0.15) is 6.67 Å². The molecule has 0 aliphatic carbocycles. The minimum Gasteiger partial charge on any atom is -0.348 e. The number of carbonyl (C=O) groups excluding carboxylic acids is 1. The van der Waals surface area contributed by atoms with Crippen molar-refractivity contribution < 1.29 is 18.0 Å². The summed E-state index contributed by atoms with van der Waals surface area (Å²) in [6.45, 7) is -0.731. The smallest absolute Gasteiger partial charge is 0.321 e. The van der Waals surface area contributed by atoms with Crippen molar-refractivity contribution >= 4 is 5.91 Å². The molecule has 0 aromatic carbocycles. The monoisotopic (exact) mass is 155 g/mol. The predicted molar refractivity (Wildman–Crippen MR) is 29.6 cm³/mol. The molecule has 0 bridgehead atoms. The highest BCUT2D eigenvalue weighted by Crippen LogP contribution is 2.10. The lowest BCUT2D eigenvalue weighted by Gasteiger charge is -2.08.